The smallest absolute Gasteiger partial charge is 0.217 e. The van der Waals surface area contributed by atoms with E-state index in [1.54, 1.807) is 0 Å². The molecule has 1 fully saturated rings. The van der Waals surface area contributed by atoms with Crippen LogP contribution < -0.4 is 10.6 Å². The highest BCUT2D eigenvalue weighted by atomic mass is 19.1. The molecule has 1 saturated carbocycles. The topological polar surface area (TPSA) is 78.4 Å². The van der Waals surface area contributed by atoms with Gasteiger partial charge in [0.25, 0.3) is 0 Å². The Morgan fingerprint density at radius 1 is 1.15 bits per heavy atom. The average molecular weight is 473 g/mol. The predicted octanol–water partition coefficient (Wildman–Crippen LogP) is 3.99. The molecule has 3 N–H and O–H groups in total. The summed E-state index contributed by atoms with van der Waals surface area (Å²) in [6.07, 6.45) is 0.663. The highest BCUT2D eigenvalue weighted by molar-refractivity contribution is 5.80. The highest BCUT2D eigenvalue weighted by Gasteiger charge is 2.32. The van der Waals surface area contributed by atoms with Gasteiger partial charge in [0.2, 0.25) is 5.91 Å². The van der Waals surface area contributed by atoms with Crippen molar-refractivity contribution < 1.29 is 23.5 Å². The molecule has 1 amide bonds. The van der Waals surface area contributed by atoms with Gasteiger partial charge in [0.05, 0.1) is 12.1 Å². The molecular weight excluding hydrogens is 438 g/mol. The summed E-state index contributed by atoms with van der Waals surface area (Å²) in [6, 6.07) is 10.7. The van der Waals surface area contributed by atoms with Crippen LogP contribution in [-0.4, -0.2) is 41.5 Å². The summed E-state index contributed by atoms with van der Waals surface area (Å²) in [4.78, 5) is 24.0. The summed E-state index contributed by atoms with van der Waals surface area (Å²) in [6.45, 7) is 5.76. The first kappa shape index (κ1) is 26.0. The number of halogens is 2. The maximum Gasteiger partial charge on any atom is 0.217 e. The Hall–Kier alpha value is -2.64. The third kappa shape index (κ3) is 7.18. The highest BCUT2D eigenvalue weighted by Crippen LogP contribution is 2.33. The van der Waals surface area contributed by atoms with Crippen LogP contribution in [0.4, 0.5) is 8.78 Å². The van der Waals surface area contributed by atoms with E-state index in [1.807, 2.05) is 12.1 Å². The third-order valence-electron chi connectivity index (χ3n) is 6.49. The second-order valence-corrected chi connectivity index (χ2v) is 9.58. The van der Waals surface area contributed by atoms with Crippen LogP contribution in [0.3, 0.4) is 0 Å². The Kier molecular flexibility index (Phi) is 8.91. The average Bonchev–Trinajstić information content (AvgIpc) is 2.76. The molecule has 0 saturated heterocycles. The van der Waals surface area contributed by atoms with Gasteiger partial charge in [0.15, 0.2) is 0 Å². The first-order chi connectivity index (χ1) is 16.1. The molecule has 0 radical (unpaired) electrons. The number of hydrogen-bond donors (Lipinski definition) is 3. The summed E-state index contributed by atoms with van der Waals surface area (Å²) in [5.74, 6) is -1.16. The first-order valence-corrected chi connectivity index (χ1v) is 11.9. The molecule has 1 aliphatic rings. The molecule has 2 aromatic carbocycles. The van der Waals surface area contributed by atoms with Gasteiger partial charge in [-0.3, -0.25) is 9.59 Å². The Morgan fingerprint density at radius 3 is 2.50 bits per heavy atom. The van der Waals surface area contributed by atoms with Gasteiger partial charge < -0.3 is 15.7 Å². The van der Waals surface area contributed by atoms with Gasteiger partial charge in [0.1, 0.15) is 17.4 Å². The van der Waals surface area contributed by atoms with E-state index in [-0.39, 0.29) is 36.6 Å². The molecule has 0 spiro atoms. The van der Waals surface area contributed by atoms with Crippen LogP contribution in [0.15, 0.2) is 42.5 Å². The molecule has 4 atom stereocenters. The lowest BCUT2D eigenvalue weighted by Crippen LogP contribution is -2.51. The molecule has 184 valence electrons. The lowest BCUT2D eigenvalue weighted by atomic mass is 9.78. The molecule has 34 heavy (non-hydrogen) atoms. The Labute approximate surface area is 200 Å². The van der Waals surface area contributed by atoms with Gasteiger partial charge in [-0.25, -0.2) is 8.78 Å². The molecule has 0 aliphatic heterocycles. The lowest BCUT2D eigenvalue weighted by Gasteiger charge is -2.34. The van der Waals surface area contributed by atoms with Crippen molar-refractivity contribution in [2.45, 2.75) is 76.5 Å². The van der Waals surface area contributed by atoms with Gasteiger partial charge in [-0.15, -0.1) is 0 Å². The molecule has 3 rings (SSSR count). The van der Waals surface area contributed by atoms with Crippen LogP contribution in [0.1, 0.15) is 68.6 Å². The van der Waals surface area contributed by atoms with Crippen LogP contribution in [-0.2, 0) is 16.0 Å². The van der Waals surface area contributed by atoms with Gasteiger partial charge in [-0.2, -0.15) is 0 Å². The number of carbonyl (C=O) groups is 2. The van der Waals surface area contributed by atoms with E-state index < -0.39 is 23.8 Å². The summed E-state index contributed by atoms with van der Waals surface area (Å²) >= 11 is 0. The summed E-state index contributed by atoms with van der Waals surface area (Å²) in [7, 11) is 0. The molecule has 4 unspecified atom stereocenters. The number of amides is 1. The molecular formula is C27H34F2N2O3. The number of benzene rings is 2. The predicted molar refractivity (Wildman–Crippen MR) is 128 cm³/mol. The van der Waals surface area contributed by atoms with Crippen molar-refractivity contribution in [3.05, 3.63) is 70.8 Å². The Morgan fingerprint density at radius 2 is 1.85 bits per heavy atom. The Bertz CT molecular complexity index is 991. The molecule has 2 aromatic rings. The van der Waals surface area contributed by atoms with E-state index in [0.717, 1.165) is 11.6 Å². The van der Waals surface area contributed by atoms with Crippen LogP contribution in [0.2, 0.25) is 0 Å². The monoisotopic (exact) mass is 472 g/mol. The second-order valence-electron chi connectivity index (χ2n) is 9.58. The summed E-state index contributed by atoms with van der Waals surface area (Å²) < 4.78 is 27.2. The lowest BCUT2D eigenvalue weighted by molar-refractivity contribution is -0.122. The maximum atomic E-state index is 13.6. The molecule has 7 heteroatoms. The number of rotatable bonds is 9. The van der Waals surface area contributed by atoms with Crippen molar-refractivity contribution >= 4 is 11.7 Å². The minimum absolute atomic E-state index is 0.0105. The van der Waals surface area contributed by atoms with Crippen molar-refractivity contribution in [1.82, 2.24) is 10.6 Å². The van der Waals surface area contributed by atoms with Gasteiger partial charge >= 0.3 is 0 Å². The zero-order valence-electron chi connectivity index (χ0n) is 20.0. The summed E-state index contributed by atoms with van der Waals surface area (Å²) in [5, 5.41) is 17.0. The van der Waals surface area contributed by atoms with Crippen molar-refractivity contribution in [3.63, 3.8) is 0 Å². The van der Waals surface area contributed by atoms with Gasteiger partial charge in [-0.05, 0) is 47.6 Å². The normalized spacial score (nSPS) is 20.3. The molecule has 0 heterocycles. The standard InChI is InChI=1S/C27H34F2N2O3/c1-16(2)19-5-4-6-20(12-19)24-14-23(33)7-8-25(24)30-15-27(34)26(31-17(3)32)11-18-9-21(28)13-22(29)10-18/h4-6,9-10,12-13,16,24-27,30,34H,7-8,11,14-15H2,1-3H3,(H,31,32). The van der Waals surface area contributed by atoms with E-state index in [9.17, 15) is 23.5 Å². The van der Waals surface area contributed by atoms with E-state index in [0.29, 0.717) is 30.7 Å². The molecule has 0 bridgehead atoms. The third-order valence-corrected chi connectivity index (χ3v) is 6.49. The SMILES string of the molecule is CC(=O)NC(Cc1cc(F)cc(F)c1)C(O)CNC1CCC(=O)CC1c1cccc(C(C)C)c1. The number of aliphatic hydroxyl groups excluding tert-OH is 1. The van der Waals surface area contributed by atoms with Crippen LogP contribution in [0.25, 0.3) is 0 Å². The molecule has 0 aromatic heterocycles. The number of carbonyl (C=O) groups excluding carboxylic acids is 2. The zero-order valence-corrected chi connectivity index (χ0v) is 20.0. The van der Waals surface area contributed by atoms with E-state index >= 15 is 0 Å². The van der Waals surface area contributed by atoms with E-state index in [4.69, 9.17) is 0 Å². The molecule has 5 nitrogen and oxygen atoms in total. The van der Waals surface area contributed by atoms with Gasteiger partial charge in [0, 0.05) is 44.3 Å². The van der Waals surface area contributed by atoms with E-state index in [2.05, 4.69) is 36.6 Å². The van der Waals surface area contributed by atoms with Crippen LogP contribution in [0, 0.1) is 11.6 Å². The first-order valence-electron chi connectivity index (χ1n) is 11.9. The fourth-order valence-electron chi connectivity index (χ4n) is 4.69. The fraction of sp³-hybridized carbons (Fsp3) is 0.481. The minimum Gasteiger partial charge on any atom is -0.390 e. The number of ketones is 1. The van der Waals surface area contributed by atoms with Crippen LogP contribution in [0.5, 0.6) is 0 Å². The molecule has 1 aliphatic carbocycles. The number of Topliss-reactive ketones (excluding diaryl/α,β-unsaturated/α-hetero) is 1. The Balaban J connectivity index is 1.72. The quantitative estimate of drug-likeness (QED) is 0.516. The maximum absolute atomic E-state index is 13.6. The van der Waals surface area contributed by atoms with Crippen LogP contribution >= 0.6 is 0 Å². The van der Waals surface area contributed by atoms with E-state index in [1.165, 1.54) is 24.6 Å². The number of nitrogens with one attached hydrogen (secondary N) is 2. The van der Waals surface area contributed by atoms with Crippen molar-refractivity contribution in [2.24, 2.45) is 0 Å². The van der Waals surface area contributed by atoms with Crippen molar-refractivity contribution in [1.29, 1.82) is 0 Å². The second kappa shape index (κ2) is 11.7. The van der Waals surface area contributed by atoms with Crippen molar-refractivity contribution in [3.8, 4) is 0 Å². The van der Waals surface area contributed by atoms with Gasteiger partial charge in [-0.1, -0.05) is 38.1 Å². The summed E-state index contributed by atoms with van der Waals surface area (Å²) in [5.41, 5.74) is 2.66. The zero-order chi connectivity index (χ0) is 24.8. The number of aliphatic hydroxyl groups is 1. The fourth-order valence-corrected chi connectivity index (χ4v) is 4.69. The largest absolute Gasteiger partial charge is 0.390 e. The van der Waals surface area contributed by atoms with Crippen molar-refractivity contribution in [2.75, 3.05) is 6.54 Å². The number of hydrogen-bond acceptors (Lipinski definition) is 4. The minimum atomic E-state index is -0.990.